The lowest BCUT2D eigenvalue weighted by molar-refractivity contribution is -0.122. The van der Waals surface area contributed by atoms with E-state index in [4.69, 9.17) is 9.97 Å². The molecule has 2 heterocycles. The number of pyridine rings is 2. The van der Waals surface area contributed by atoms with Crippen LogP contribution >= 0.6 is 0 Å². The highest BCUT2D eigenvalue weighted by atomic mass is 16.3. The lowest BCUT2D eigenvalue weighted by Gasteiger charge is -2.35. The molecule has 1 amide bonds. The smallest absolute Gasteiger partial charge is 0.227 e. The van der Waals surface area contributed by atoms with Gasteiger partial charge >= 0.3 is 0 Å². The third kappa shape index (κ3) is 7.41. The molecule has 6 nitrogen and oxygen atoms in total. The Labute approximate surface area is 272 Å². The van der Waals surface area contributed by atoms with Crippen molar-refractivity contribution in [2.75, 3.05) is 0 Å². The first-order valence-electron chi connectivity index (χ1n) is 16.3. The SMILES string of the molecule is CC[C@H](C(=O)NCc1ccc(CN(Cc2cc(-c3ccccc3)ccn2)[C@H]2CCCc3cccnc32)c(CO)c1)c1ccccc1. The van der Waals surface area contributed by atoms with Crippen LogP contribution in [0.25, 0.3) is 11.1 Å². The monoisotopic (exact) mass is 610 g/mol. The molecular formula is C40H42N4O2. The number of amides is 1. The predicted octanol–water partition coefficient (Wildman–Crippen LogP) is 7.53. The number of benzene rings is 3. The van der Waals surface area contributed by atoms with Gasteiger partial charge in [-0.2, -0.15) is 0 Å². The largest absolute Gasteiger partial charge is 0.392 e. The molecule has 0 bridgehead atoms. The Morgan fingerprint density at radius 2 is 1.67 bits per heavy atom. The van der Waals surface area contributed by atoms with Gasteiger partial charge < -0.3 is 10.4 Å². The van der Waals surface area contributed by atoms with E-state index in [1.54, 1.807) is 0 Å². The average molecular weight is 611 g/mol. The van der Waals surface area contributed by atoms with E-state index in [1.165, 1.54) is 11.1 Å². The minimum absolute atomic E-state index is 0.0168. The number of aliphatic hydroxyl groups is 1. The summed E-state index contributed by atoms with van der Waals surface area (Å²) in [6.45, 7) is 3.67. The Morgan fingerprint density at radius 3 is 2.46 bits per heavy atom. The second-order valence-electron chi connectivity index (χ2n) is 12.1. The van der Waals surface area contributed by atoms with Crippen molar-refractivity contribution in [2.24, 2.45) is 0 Å². The second kappa shape index (κ2) is 15.1. The molecule has 5 aromatic rings. The number of aryl methyl sites for hydroxylation is 1. The summed E-state index contributed by atoms with van der Waals surface area (Å²) >= 11 is 0. The molecule has 0 fully saturated rings. The van der Waals surface area contributed by atoms with Gasteiger partial charge in [-0.05, 0) is 82.8 Å². The minimum Gasteiger partial charge on any atom is -0.392 e. The Bertz CT molecular complexity index is 1740. The number of nitrogens with zero attached hydrogens (tertiary/aromatic N) is 3. The van der Waals surface area contributed by atoms with Gasteiger partial charge in [0.15, 0.2) is 0 Å². The van der Waals surface area contributed by atoms with E-state index in [0.29, 0.717) is 19.6 Å². The maximum Gasteiger partial charge on any atom is 0.227 e. The van der Waals surface area contributed by atoms with Gasteiger partial charge in [-0.1, -0.05) is 91.9 Å². The molecule has 1 aliphatic carbocycles. The summed E-state index contributed by atoms with van der Waals surface area (Å²) in [4.78, 5) is 25.2. The number of aromatic nitrogens is 2. The molecule has 0 aliphatic heterocycles. The van der Waals surface area contributed by atoms with Crippen LogP contribution in [0.2, 0.25) is 0 Å². The van der Waals surface area contributed by atoms with Crippen molar-refractivity contribution in [2.45, 2.75) is 70.8 Å². The minimum atomic E-state index is -0.188. The normalized spacial score (nSPS) is 14.9. The summed E-state index contributed by atoms with van der Waals surface area (Å²) in [5, 5.41) is 13.6. The van der Waals surface area contributed by atoms with Crippen molar-refractivity contribution in [1.82, 2.24) is 20.2 Å². The van der Waals surface area contributed by atoms with Gasteiger partial charge in [-0.25, -0.2) is 0 Å². The zero-order valence-electron chi connectivity index (χ0n) is 26.5. The van der Waals surface area contributed by atoms with Gasteiger partial charge in [-0.3, -0.25) is 19.7 Å². The Hall–Kier alpha value is -4.65. The van der Waals surface area contributed by atoms with Gasteiger partial charge in [0.25, 0.3) is 0 Å². The van der Waals surface area contributed by atoms with Crippen molar-refractivity contribution >= 4 is 5.91 Å². The summed E-state index contributed by atoms with van der Waals surface area (Å²) in [5.74, 6) is -0.171. The number of carbonyl (C=O) groups excluding carboxylic acids is 1. The first kappa shape index (κ1) is 31.3. The lowest BCUT2D eigenvalue weighted by atomic mass is 9.90. The Morgan fingerprint density at radius 1 is 0.870 bits per heavy atom. The van der Waals surface area contributed by atoms with Crippen molar-refractivity contribution in [1.29, 1.82) is 0 Å². The summed E-state index contributed by atoms with van der Waals surface area (Å²) in [6, 6.07) is 35.1. The van der Waals surface area contributed by atoms with Crippen LogP contribution in [0.5, 0.6) is 0 Å². The Balaban J connectivity index is 1.24. The number of nitrogens with one attached hydrogen (secondary N) is 1. The van der Waals surface area contributed by atoms with E-state index in [2.05, 4.69) is 64.8 Å². The maximum absolute atomic E-state index is 13.1. The second-order valence-corrected chi connectivity index (χ2v) is 12.1. The van der Waals surface area contributed by atoms with E-state index in [9.17, 15) is 9.90 Å². The van der Waals surface area contributed by atoms with Gasteiger partial charge in [0.05, 0.1) is 30.0 Å². The van der Waals surface area contributed by atoms with E-state index in [-0.39, 0.29) is 24.5 Å². The van der Waals surface area contributed by atoms with Crippen LogP contribution in [0.15, 0.2) is 116 Å². The fraction of sp³-hybridized carbons (Fsp3) is 0.275. The van der Waals surface area contributed by atoms with Gasteiger partial charge in [0, 0.05) is 32.0 Å². The first-order chi connectivity index (χ1) is 22.6. The molecule has 6 heteroatoms. The molecule has 0 radical (unpaired) electrons. The van der Waals surface area contributed by atoms with E-state index < -0.39 is 0 Å². The topological polar surface area (TPSA) is 78.4 Å². The lowest BCUT2D eigenvalue weighted by Crippen LogP contribution is -2.32. The van der Waals surface area contributed by atoms with Crippen LogP contribution in [0, 0.1) is 0 Å². The molecule has 1 aliphatic rings. The van der Waals surface area contributed by atoms with Gasteiger partial charge in [0.1, 0.15) is 0 Å². The molecule has 3 aromatic carbocycles. The van der Waals surface area contributed by atoms with Crippen LogP contribution in [0.1, 0.15) is 77.4 Å². The van der Waals surface area contributed by atoms with Crippen LogP contribution in [0.4, 0.5) is 0 Å². The number of rotatable bonds is 12. The third-order valence-corrected chi connectivity index (χ3v) is 9.10. The molecule has 0 unspecified atom stereocenters. The molecule has 2 aromatic heterocycles. The fourth-order valence-electron chi connectivity index (χ4n) is 6.68. The highest BCUT2D eigenvalue weighted by Gasteiger charge is 2.28. The van der Waals surface area contributed by atoms with Crippen molar-refractivity contribution < 1.29 is 9.90 Å². The molecule has 0 saturated carbocycles. The van der Waals surface area contributed by atoms with Crippen molar-refractivity contribution in [3.63, 3.8) is 0 Å². The first-order valence-corrected chi connectivity index (χ1v) is 16.3. The fourth-order valence-corrected chi connectivity index (χ4v) is 6.68. The Kier molecular flexibility index (Phi) is 10.3. The predicted molar refractivity (Wildman–Crippen MR) is 183 cm³/mol. The summed E-state index contributed by atoms with van der Waals surface area (Å²) in [5.41, 5.74) is 9.69. The highest BCUT2D eigenvalue weighted by molar-refractivity contribution is 5.83. The standard InChI is InChI=1S/C40H42N4O2/c1-2-37(31-13-7-4-8-14-31)40(46)43-25-29-18-19-34(35(23-29)28-45)26-44(38-17-9-15-32-16-10-21-42-39(32)38)27-36-24-33(20-22-41-36)30-11-5-3-6-12-30/h3-8,10-14,16,18-24,37-38,45H,2,9,15,17,25-28H2,1H3,(H,43,46)/t37-,38-/m0/s1. The van der Waals surface area contributed by atoms with Crippen LogP contribution < -0.4 is 5.32 Å². The molecule has 2 atom stereocenters. The zero-order valence-corrected chi connectivity index (χ0v) is 26.5. The molecular weight excluding hydrogens is 568 g/mol. The quantitative estimate of drug-likeness (QED) is 0.153. The summed E-state index contributed by atoms with van der Waals surface area (Å²) in [7, 11) is 0. The van der Waals surface area contributed by atoms with E-state index >= 15 is 0 Å². The van der Waals surface area contributed by atoms with Crippen LogP contribution in [-0.2, 0) is 37.5 Å². The molecule has 0 saturated heterocycles. The molecule has 0 spiro atoms. The summed E-state index contributed by atoms with van der Waals surface area (Å²) < 4.78 is 0. The molecule has 6 rings (SSSR count). The average Bonchev–Trinajstić information content (AvgIpc) is 3.12. The zero-order chi connectivity index (χ0) is 31.7. The molecule has 234 valence electrons. The number of carbonyl (C=O) groups is 1. The van der Waals surface area contributed by atoms with Crippen molar-refractivity contribution in [3.05, 3.63) is 155 Å². The number of fused-ring (bicyclic) bond motifs is 1. The van der Waals surface area contributed by atoms with E-state index in [0.717, 1.165) is 64.9 Å². The number of hydrogen-bond acceptors (Lipinski definition) is 5. The number of aliphatic hydroxyl groups excluding tert-OH is 1. The van der Waals surface area contributed by atoms with Crippen molar-refractivity contribution in [3.8, 4) is 11.1 Å². The van der Waals surface area contributed by atoms with E-state index in [1.807, 2.05) is 67.8 Å². The molecule has 2 N–H and O–H groups in total. The maximum atomic E-state index is 13.1. The number of hydrogen-bond donors (Lipinski definition) is 2. The van der Waals surface area contributed by atoms with Crippen LogP contribution in [0.3, 0.4) is 0 Å². The summed E-state index contributed by atoms with van der Waals surface area (Å²) in [6.07, 6.45) is 7.68. The van der Waals surface area contributed by atoms with Crippen LogP contribution in [-0.4, -0.2) is 25.9 Å². The van der Waals surface area contributed by atoms with Gasteiger partial charge in [0.2, 0.25) is 5.91 Å². The third-order valence-electron chi connectivity index (χ3n) is 9.10. The molecule has 46 heavy (non-hydrogen) atoms. The van der Waals surface area contributed by atoms with Gasteiger partial charge in [-0.15, -0.1) is 0 Å². The highest BCUT2D eigenvalue weighted by Crippen LogP contribution is 2.35.